The monoisotopic (exact) mass is 257 g/mol. The second-order valence-electron chi connectivity index (χ2n) is 3.28. The number of halogens is 3. The first-order chi connectivity index (χ1) is 8.48. The molecule has 1 heterocycles. The van der Waals surface area contributed by atoms with Crippen LogP contribution < -0.4 is 5.32 Å². The summed E-state index contributed by atoms with van der Waals surface area (Å²) in [7, 11) is 0. The number of anilines is 1. The zero-order valence-electron chi connectivity index (χ0n) is 8.73. The van der Waals surface area contributed by atoms with Crippen LogP contribution in [-0.2, 0) is 4.79 Å². The lowest BCUT2D eigenvalue weighted by molar-refractivity contribution is -0.167. The standard InChI is InChI=1S/C10H6F3N3O2/c11-10(12,13)9(17)14-8-7(15-18-16-8)6-4-2-1-3-5-6/h1-5H,(H,14,16,17). The maximum absolute atomic E-state index is 12.1. The summed E-state index contributed by atoms with van der Waals surface area (Å²) in [6.45, 7) is 0. The third kappa shape index (κ3) is 2.47. The Labute approximate surface area is 98.6 Å². The first-order valence-electron chi connectivity index (χ1n) is 4.74. The van der Waals surface area contributed by atoms with E-state index in [0.717, 1.165) is 0 Å². The molecule has 0 atom stereocenters. The Morgan fingerprint density at radius 1 is 1.17 bits per heavy atom. The highest BCUT2D eigenvalue weighted by atomic mass is 19.4. The number of hydrogen-bond donors (Lipinski definition) is 1. The lowest BCUT2D eigenvalue weighted by Gasteiger charge is -2.05. The zero-order chi connectivity index (χ0) is 13.2. The average molecular weight is 257 g/mol. The van der Waals surface area contributed by atoms with Gasteiger partial charge < -0.3 is 0 Å². The Hall–Kier alpha value is -2.38. The van der Waals surface area contributed by atoms with Crippen LogP contribution in [0.1, 0.15) is 0 Å². The molecule has 0 saturated heterocycles. The Kier molecular flexibility index (Phi) is 3.00. The number of rotatable bonds is 2. The molecular weight excluding hydrogens is 251 g/mol. The molecule has 94 valence electrons. The van der Waals surface area contributed by atoms with Crippen LogP contribution >= 0.6 is 0 Å². The van der Waals surface area contributed by atoms with Crippen molar-refractivity contribution < 1.29 is 22.6 Å². The van der Waals surface area contributed by atoms with Gasteiger partial charge in [0, 0.05) is 5.56 Å². The van der Waals surface area contributed by atoms with Gasteiger partial charge >= 0.3 is 12.1 Å². The van der Waals surface area contributed by atoms with Gasteiger partial charge in [0.2, 0.25) is 5.82 Å². The molecule has 18 heavy (non-hydrogen) atoms. The van der Waals surface area contributed by atoms with Crippen LogP contribution in [0.15, 0.2) is 35.0 Å². The fourth-order valence-corrected chi connectivity index (χ4v) is 1.23. The van der Waals surface area contributed by atoms with Crippen LogP contribution in [-0.4, -0.2) is 22.4 Å². The first-order valence-corrected chi connectivity index (χ1v) is 4.74. The lowest BCUT2D eigenvalue weighted by Crippen LogP contribution is -2.30. The molecule has 5 nitrogen and oxygen atoms in total. The number of aromatic nitrogens is 2. The smallest absolute Gasteiger partial charge is 0.298 e. The maximum Gasteiger partial charge on any atom is 0.471 e. The average Bonchev–Trinajstić information content (AvgIpc) is 2.77. The van der Waals surface area contributed by atoms with E-state index in [4.69, 9.17) is 0 Å². The molecule has 0 spiro atoms. The molecule has 0 aliphatic rings. The van der Waals surface area contributed by atoms with Crippen molar-refractivity contribution in [1.82, 2.24) is 10.3 Å². The molecular formula is C10H6F3N3O2. The van der Waals surface area contributed by atoms with Crippen LogP contribution in [0.5, 0.6) is 0 Å². The molecule has 8 heteroatoms. The number of nitrogens with one attached hydrogen (secondary N) is 1. The number of hydrogen-bond acceptors (Lipinski definition) is 4. The highest BCUT2D eigenvalue weighted by Crippen LogP contribution is 2.25. The van der Waals surface area contributed by atoms with E-state index in [1.54, 1.807) is 35.6 Å². The van der Waals surface area contributed by atoms with Crippen LogP contribution in [0.3, 0.4) is 0 Å². The summed E-state index contributed by atoms with van der Waals surface area (Å²) in [5, 5.41) is 8.28. The van der Waals surface area contributed by atoms with Gasteiger partial charge in [-0.2, -0.15) is 13.2 Å². The van der Waals surface area contributed by atoms with Gasteiger partial charge in [-0.3, -0.25) is 10.1 Å². The van der Waals surface area contributed by atoms with E-state index in [1.165, 1.54) is 0 Å². The summed E-state index contributed by atoms with van der Waals surface area (Å²) in [6.07, 6.45) is -4.99. The van der Waals surface area contributed by atoms with Gasteiger partial charge in [-0.25, -0.2) is 4.63 Å². The van der Waals surface area contributed by atoms with E-state index in [0.29, 0.717) is 5.56 Å². The highest BCUT2D eigenvalue weighted by molar-refractivity contribution is 5.96. The van der Waals surface area contributed by atoms with E-state index >= 15 is 0 Å². The quantitative estimate of drug-likeness (QED) is 0.895. The molecule has 0 radical (unpaired) electrons. The van der Waals surface area contributed by atoms with Crippen molar-refractivity contribution in [3.8, 4) is 11.3 Å². The Morgan fingerprint density at radius 3 is 2.44 bits per heavy atom. The van der Waals surface area contributed by atoms with Crippen LogP contribution in [0, 0.1) is 0 Å². The van der Waals surface area contributed by atoms with Crippen molar-refractivity contribution >= 4 is 11.7 Å². The van der Waals surface area contributed by atoms with Crippen molar-refractivity contribution in [3.05, 3.63) is 30.3 Å². The van der Waals surface area contributed by atoms with Gasteiger partial charge in [-0.15, -0.1) is 0 Å². The largest absolute Gasteiger partial charge is 0.471 e. The molecule has 1 aromatic heterocycles. The third-order valence-corrected chi connectivity index (χ3v) is 2.03. The second kappa shape index (κ2) is 4.47. The zero-order valence-corrected chi connectivity index (χ0v) is 8.73. The van der Waals surface area contributed by atoms with E-state index < -0.39 is 12.1 Å². The maximum atomic E-state index is 12.1. The van der Waals surface area contributed by atoms with Gasteiger partial charge in [-0.05, 0) is 10.3 Å². The van der Waals surface area contributed by atoms with Crippen molar-refractivity contribution in [2.75, 3.05) is 5.32 Å². The summed E-state index contributed by atoms with van der Waals surface area (Å²) in [6, 6.07) is 8.26. The van der Waals surface area contributed by atoms with Gasteiger partial charge in [0.05, 0.1) is 0 Å². The topological polar surface area (TPSA) is 68.0 Å². The van der Waals surface area contributed by atoms with E-state index in [1.807, 2.05) is 0 Å². The second-order valence-corrected chi connectivity index (χ2v) is 3.28. The van der Waals surface area contributed by atoms with Gasteiger partial charge in [0.1, 0.15) is 0 Å². The molecule has 0 aliphatic heterocycles. The lowest BCUT2D eigenvalue weighted by atomic mass is 10.1. The van der Waals surface area contributed by atoms with Crippen LogP contribution in [0.2, 0.25) is 0 Å². The molecule has 1 aromatic carbocycles. The Balaban J connectivity index is 2.27. The predicted molar refractivity (Wildman–Crippen MR) is 54.4 cm³/mol. The van der Waals surface area contributed by atoms with E-state index in [2.05, 4.69) is 14.9 Å². The molecule has 2 rings (SSSR count). The van der Waals surface area contributed by atoms with Crippen molar-refractivity contribution in [3.63, 3.8) is 0 Å². The minimum atomic E-state index is -4.99. The predicted octanol–water partition coefficient (Wildman–Crippen LogP) is 2.24. The van der Waals surface area contributed by atoms with Crippen molar-refractivity contribution in [2.24, 2.45) is 0 Å². The normalized spacial score (nSPS) is 11.3. The van der Waals surface area contributed by atoms with E-state index in [9.17, 15) is 18.0 Å². The molecule has 0 fully saturated rings. The summed E-state index contributed by atoms with van der Waals surface area (Å²) in [5.41, 5.74) is 0.518. The molecule has 1 N–H and O–H groups in total. The Morgan fingerprint density at radius 2 is 1.83 bits per heavy atom. The SMILES string of the molecule is O=C(Nc1nonc1-c1ccccc1)C(F)(F)F. The molecule has 0 aliphatic carbocycles. The van der Waals surface area contributed by atoms with Crippen molar-refractivity contribution in [1.29, 1.82) is 0 Å². The Bertz CT molecular complexity index is 551. The molecule has 0 unspecified atom stereocenters. The van der Waals surface area contributed by atoms with Crippen LogP contribution in [0.4, 0.5) is 19.0 Å². The number of benzene rings is 1. The summed E-state index contributed by atoms with van der Waals surface area (Å²) in [4.78, 5) is 10.8. The molecule has 0 saturated carbocycles. The van der Waals surface area contributed by atoms with Crippen LogP contribution in [0.25, 0.3) is 11.3 Å². The van der Waals surface area contributed by atoms with Crippen molar-refractivity contribution in [2.45, 2.75) is 6.18 Å². The first kappa shape index (κ1) is 12.1. The number of nitrogens with zero attached hydrogens (tertiary/aromatic N) is 2. The molecule has 2 aromatic rings. The summed E-state index contributed by atoms with van der Waals surface area (Å²) >= 11 is 0. The van der Waals surface area contributed by atoms with Gasteiger partial charge in [0.25, 0.3) is 0 Å². The minimum Gasteiger partial charge on any atom is -0.298 e. The number of carbonyl (C=O) groups excluding carboxylic acids is 1. The number of carbonyl (C=O) groups is 1. The number of amides is 1. The highest BCUT2D eigenvalue weighted by Gasteiger charge is 2.39. The number of alkyl halides is 3. The fourth-order valence-electron chi connectivity index (χ4n) is 1.23. The van der Waals surface area contributed by atoms with Gasteiger partial charge in [0.15, 0.2) is 5.69 Å². The van der Waals surface area contributed by atoms with E-state index in [-0.39, 0.29) is 11.5 Å². The third-order valence-electron chi connectivity index (χ3n) is 2.03. The summed E-state index contributed by atoms with van der Waals surface area (Å²) < 4.78 is 40.6. The fraction of sp³-hybridized carbons (Fsp3) is 0.100. The summed E-state index contributed by atoms with van der Waals surface area (Å²) in [5.74, 6) is -2.50. The molecule has 0 bridgehead atoms. The molecule has 1 amide bonds. The minimum absolute atomic E-state index is 0.0354. The van der Waals surface area contributed by atoms with Gasteiger partial charge in [-0.1, -0.05) is 30.3 Å².